The van der Waals surface area contributed by atoms with Crippen LogP contribution in [0.2, 0.25) is 0 Å². The minimum absolute atomic E-state index is 0.0429. The van der Waals surface area contributed by atoms with Gasteiger partial charge in [-0.2, -0.15) is 0 Å². The van der Waals surface area contributed by atoms with Crippen molar-refractivity contribution in [2.45, 2.75) is 26.2 Å². The van der Waals surface area contributed by atoms with Crippen LogP contribution in [0.4, 0.5) is 5.69 Å². The Kier molecular flexibility index (Phi) is 5.65. The Labute approximate surface area is 216 Å². The Bertz CT molecular complexity index is 1750. The third-order valence-electron chi connectivity index (χ3n) is 6.63. The number of pyridine rings is 1. The topological polar surface area (TPSA) is 51.3 Å². The van der Waals surface area contributed by atoms with Crippen molar-refractivity contribution in [3.63, 3.8) is 0 Å². The van der Waals surface area contributed by atoms with Gasteiger partial charge in [-0.25, -0.2) is 4.98 Å². The van der Waals surface area contributed by atoms with Gasteiger partial charge in [-0.3, -0.25) is 9.98 Å². The fourth-order valence-corrected chi connectivity index (χ4v) is 4.59. The summed E-state index contributed by atoms with van der Waals surface area (Å²) in [6.07, 6.45) is 5.58. The molecule has 0 spiro atoms. The number of benzene rings is 4. The standard InChI is InChI=1S/C33H27N3O/c1-33(2,3)25-18-28(23-13-9-17-34-20-23)31-30(19-25)37-32(36-31)27-15-6-7-16-29(27)35-21-24-12-8-11-22-10-4-5-14-26(22)24/h4-21H,1-3H3. The quantitative estimate of drug-likeness (QED) is 0.236. The number of aromatic nitrogens is 2. The molecule has 0 fully saturated rings. The van der Waals surface area contributed by atoms with Gasteiger partial charge in [0.2, 0.25) is 5.89 Å². The highest BCUT2D eigenvalue weighted by Crippen LogP contribution is 2.38. The maximum absolute atomic E-state index is 6.41. The molecular formula is C33H27N3O. The Morgan fingerprint density at radius 3 is 2.46 bits per heavy atom. The monoisotopic (exact) mass is 481 g/mol. The van der Waals surface area contributed by atoms with Gasteiger partial charge in [0.05, 0.1) is 11.3 Å². The smallest absolute Gasteiger partial charge is 0.229 e. The summed E-state index contributed by atoms with van der Waals surface area (Å²) in [6.45, 7) is 6.61. The van der Waals surface area contributed by atoms with Crippen molar-refractivity contribution in [2.24, 2.45) is 4.99 Å². The molecule has 0 saturated heterocycles. The van der Waals surface area contributed by atoms with Crippen LogP contribution >= 0.6 is 0 Å². The molecule has 0 amide bonds. The van der Waals surface area contributed by atoms with E-state index >= 15 is 0 Å². The Hall–Kier alpha value is -4.57. The fraction of sp³-hybridized carbons (Fsp3) is 0.121. The van der Waals surface area contributed by atoms with E-state index in [1.54, 1.807) is 6.20 Å². The molecule has 0 aliphatic rings. The molecule has 4 heteroatoms. The zero-order chi connectivity index (χ0) is 25.4. The van der Waals surface area contributed by atoms with E-state index in [4.69, 9.17) is 14.4 Å². The molecule has 0 unspecified atom stereocenters. The molecule has 0 aliphatic carbocycles. The lowest BCUT2D eigenvalue weighted by atomic mass is 9.85. The third kappa shape index (κ3) is 4.43. The Balaban J connectivity index is 1.48. The minimum Gasteiger partial charge on any atom is -0.436 e. The minimum atomic E-state index is -0.0429. The molecule has 0 N–H and O–H groups in total. The van der Waals surface area contributed by atoms with Crippen LogP contribution < -0.4 is 0 Å². The first kappa shape index (κ1) is 22.9. The van der Waals surface area contributed by atoms with Crippen LogP contribution in [0.25, 0.3) is 44.5 Å². The van der Waals surface area contributed by atoms with Gasteiger partial charge < -0.3 is 4.42 Å². The summed E-state index contributed by atoms with van der Waals surface area (Å²) in [5.74, 6) is 0.553. The van der Waals surface area contributed by atoms with Crippen molar-refractivity contribution in [1.82, 2.24) is 9.97 Å². The molecule has 180 valence electrons. The van der Waals surface area contributed by atoms with E-state index < -0.39 is 0 Å². The summed E-state index contributed by atoms with van der Waals surface area (Å²) in [4.78, 5) is 14.2. The molecule has 6 rings (SSSR count). The van der Waals surface area contributed by atoms with Crippen LogP contribution in [0.15, 0.2) is 113 Å². The summed E-state index contributed by atoms with van der Waals surface area (Å²) in [5.41, 5.74) is 7.48. The zero-order valence-electron chi connectivity index (χ0n) is 21.1. The number of oxazole rings is 1. The van der Waals surface area contributed by atoms with E-state index in [2.05, 4.69) is 86.4 Å². The van der Waals surface area contributed by atoms with Crippen LogP contribution in [0.3, 0.4) is 0 Å². The van der Waals surface area contributed by atoms with E-state index in [1.807, 2.05) is 42.7 Å². The average molecular weight is 482 g/mol. The predicted octanol–water partition coefficient (Wildman–Crippen LogP) is 8.76. The summed E-state index contributed by atoms with van der Waals surface area (Å²) < 4.78 is 6.41. The molecule has 2 heterocycles. The molecular weight excluding hydrogens is 454 g/mol. The molecule has 0 aliphatic heterocycles. The second kappa shape index (κ2) is 9.14. The van der Waals surface area contributed by atoms with Gasteiger partial charge in [-0.15, -0.1) is 0 Å². The van der Waals surface area contributed by atoms with Crippen molar-refractivity contribution < 1.29 is 4.42 Å². The van der Waals surface area contributed by atoms with Crippen molar-refractivity contribution in [1.29, 1.82) is 0 Å². The molecule has 0 saturated carbocycles. The van der Waals surface area contributed by atoms with Gasteiger partial charge in [0.25, 0.3) is 0 Å². The number of fused-ring (bicyclic) bond motifs is 2. The van der Waals surface area contributed by atoms with Crippen molar-refractivity contribution in [3.05, 3.63) is 115 Å². The highest BCUT2D eigenvalue weighted by molar-refractivity contribution is 6.01. The van der Waals surface area contributed by atoms with Gasteiger partial charge in [0.15, 0.2) is 5.58 Å². The number of nitrogens with zero attached hydrogens (tertiary/aromatic N) is 3. The number of hydrogen-bond acceptors (Lipinski definition) is 4. The summed E-state index contributed by atoms with van der Waals surface area (Å²) >= 11 is 0. The van der Waals surface area contributed by atoms with E-state index in [1.165, 1.54) is 16.3 Å². The summed E-state index contributed by atoms with van der Waals surface area (Å²) in [5, 5.41) is 2.36. The number of para-hydroxylation sites is 1. The largest absolute Gasteiger partial charge is 0.436 e. The van der Waals surface area contributed by atoms with Gasteiger partial charge in [-0.1, -0.05) is 81.4 Å². The molecule has 0 atom stereocenters. The van der Waals surface area contributed by atoms with E-state index in [9.17, 15) is 0 Å². The normalized spacial score (nSPS) is 12.1. The first-order valence-electron chi connectivity index (χ1n) is 12.4. The second-order valence-electron chi connectivity index (χ2n) is 10.2. The third-order valence-corrected chi connectivity index (χ3v) is 6.63. The Morgan fingerprint density at radius 2 is 1.62 bits per heavy atom. The van der Waals surface area contributed by atoms with Crippen molar-refractivity contribution in [2.75, 3.05) is 0 Å². The van der Waals surface area contributed by atoms with Crippen molar-refractivity contribution in [3.8, 4) is 22.6 Å². The first-order valence-corrected chi connectivity index (χ1v) is 12.4. The fourth-order valence-electron chi connectivity index (χ4n) is 4.59. The van der Waals surface area contributed by atoms with Gasteiger partial charge in [0, 0.05) is 35.3 Å². The first-order chi connectivity index (χ1) is 18.0. The van der Waals surface area contributed by atoms with Crippen LogP contribution in [0, 0.1) is 0 Å². The molecule has 2 aromatic heterocycles. The van der Waals surface area contributed by atoms with E-state index in [-0.39, 0.29) is 5.41 Å². The lowest BCUT2D eigenvalue weighted by Crippen LogP contribution is -2.11. The van der Waals surface area contributed by atoms with Crippen LogP contribution in [-0.2, 0) is 5.41 Å². The van der Waals surface area contributed by atoms with E-state index in [0.717, 1.165) is 39.0 Å². The molecule has 4 nitrogen and oxygen atoms in total. The zero-order valence-corrected chi connectivity index (χ0v) is 21.1. The SMILES string of the molecule is CC(C)(C)c1cc(-c2cccnc2)c2nc(-c3ccccc3N=Cc3cccc4ccccc34)oc2c1. The van der Waals surface area contributed by atoms with Crippen LogP contribution in [-0.4, -0.2) is 16.2 Å². The number of hydrogen-bond donors (Lipinski definition) is 0. The van der Waals surface area contributed by atoms with E-state index in [0.29, 0.717) is 5.89 Å². The Morgan fingerprint density at radius 1 is 0.811 bits per heavy atom. The molecule has 37 heavy (non-hydrogen) atoms. The molecule has 6 aromatic rings. The highest BCUT2D eigenvalue weighted by atomic mass is 16.3. The molecule has 0 radical (unpaired) electrons. The molecule has 0 bridgehead atoms. The second-order valence-corrected chi connectivity index (χ2v) is 10.2. The van der Waals surface area contributed by atoms with Gasteiger partial charge in [0.1, 0.15) is 5.52 Å². The van der Waals surface area contributed by atoms with Crippen LogP contribution in [0.1, 0.15) is 31.9 Å². The van der Waals surface area contributed by atoms with Gasteiger partial charge in [-0.05, 0) is 52.1 Å². The lowest BCUT2D eigenvalue weighted by Gasteiger charge is -2.20. The number of aliphatic imine (C=N–C) groups is 1. The maximum Gasteiger partial charge on any atom is 0.229 e. The average Bonchev–Trinajstić information content (AvgIpc) is 3.36. The van der Waals surface area contributed by atoms with Gasteiger partial charge >= 0.3 is 0 Å². The highest BCUT2D eigenvalue weighted by Gasteiger charge is 2.21. The molecule has 4 aromatic carbocycles. The van der Waals surface area contributed by atoms with Crippen molar-refractivity contribution >= 4 is 33.8 Å². The van der Waals surface area contributed by atoms with Crippen LogP contribution in [0.5, 0.6) is 0 Å². The summed E-state index contributed by atoms with van der Waals surface area (Å²) in [6, 6.07) is 30.9. The lowest BCUT2D eigenvalue weighted by molar-refractivity contribution is 0.584. The predicted molar refractivity (Wildman–Crippen MR) is 153 cm³/mol. The number of rotatable bonds is 4. The maximum atomic E-state index is 6.41. The summed E-state index contributed by atoms with van der Waals surface area (Å²) in [7, 11) is 0.